The van der Waals surface area contributed by atoms with E-state index in [2.05, 4.69) is 9.97 Å². The van der Waals surface area contributed by atoms with Gasteiger partial charge >= 0.3 is 0 Å². The lowest BCUT2D eigenvalue weighted by atomic mass is 10.2. The molecule has 0 bridgehead atoms. The molecule has 0 aliphatic heterocycles. The molecule has 0 fully saturated rings. The van der Waals surface area contributed by atoms with Gasteiger partial charge in [-0.2, -0.15) is 0 Å². The normalized spacial score (nSPS) is 10.4. The molecule has 4 heteroatoms. The molecule has 3 aromatic rings. The maximum Gasteiger partial charge on any atom is 0.119 e. The minimum atomic E-state index is 0.842. The van der Waals surface area contributed by atoms with E-state index in [1.165, 1.54) is 0 Å². The van der Waals surface area contributed by atoms with Crippen LogP contribution in [0.5, 0.6) is 5.75 Å². The zero-order valence-electron chi connectivity index (χ0n) is 10.5. The molecule has 0 atom stereocenters. The van der Waals surface area contributed by atoms with Gasteiger partial charge in [0.2, 0.25) is 0 Å². The zero-order valence-corrected chi connectivity index (χ0v) is 10.5. The van der Waals surface area contributed by atoms with Crippen LogP contribution in [-0.4, -0.2) is 21.6 Å². The van der Waals surface area contributed by atoms with E-state index < -0.39 is 0 Å². The van der Waals surface area contributed by atoms with E-state index in [9.17, 15) is 0 Å². The van der Waals surface area contributed by atoms with Crippen molar-refractivity contribution >= 4 is 0 Å². The quantitative estimate of drug-likeness (QED) is 0.718. The van der Waals surface area contributed by atoms with Crippen LogP contribution < -0.4 is 4.74 Å². The number of methoxy groups -OCH3 is 1. The molecular formula is C15H13N3O. The van der Waals surface area contributed by atoms with Crippen molar-refractivity contribution in [3.63, 3.8) is 0 Å². The minimum absolute atomic E-state index is 0.842. The summed E-state index contributed by atoms with van der Waals surface area (Å²) in [5.41, 5.74) is 3.17. The molecule has 2 heterocycles. The van der Waals surface area contributed by atoms with Crippen LogP contribution in [0.1, 0.15) is 0 Å². The van der Waals surface area contributed by atoms with Crippen LogP contribution in [0.2, 0.25) is 0 Å². The van der Waals surface area contributed by atoms with Crippen LogP contribution in [-0.2, 0) is 0 Å². The van der Waals surface area contributed by atoms with Gasteiger partial charge in [-0.3, -0.25) is 9.55 Å². The summed E-state index contributed by atoms with van der Waals surface area (Å²) in [6.07, 6.45) is 7.21. The second-order valence-corrected chi connectivity index (χ2v) is 4.08. The molecule has 0 saturated heterocycles. The average molecular weight is 251 g/mol. The Morgan fingerprint density at radius 3 is 2.37 bits per heavy atom. The number of aromatic nitrogens is 3. The highest BCUT2D eigenvalue weighted by Gasteiger charge is 2.06. The van der Waals surface area contributed by atoms with Crippen LogP contribution in [0.3, 0.4) is 0 Å². The average Bonchev–Trinajstić information content (AvgIpc) is 2.98. The first kappa shape index (κ1) is 11.5. The fraction of sp³-hybridized carbons (Fsp3) is 0.0667. The lowest BCUT2D eigenvalue weighted by molar-refractivity contribution is 0.415. The Kier molecular flexibility index (Phi) is 2.98. The highest BCUT2D eigenvalue weighted by molar-refractivity contribution is 5.61. The molecule has 0 unspecified atom stereocenters. The van der Waals surface area contributed by atoms with E-state index in [0.29, 0.717) is 0 Å². The van der Waals surface area contributed by atoms with Crippen LogP contribution in [0.15, 0.2) is 61.3 Å². The number of hydrogen-bond donors (Lipinski definition) is 0. The van der Waals surface area contributed by atoms with E-state index >= 15 is 0 Å². The molecular weight excluding hydrogens is 238 g/mol. The summed E-state index contributed by atoms with van der Waals surface area (Å²) >= 11 is 0. The van der Waals surface area contributed by atoms with Gasteiger partial charge in [-0.15, -0.1) is 0 Å². The Balaban J connectivity index is 2.04. The second-order valence-electron chi connectivity index (χ2n) is 4.08. The Hall–Kier alpha value is -2.62. The maximum atomic E-state index is 5.17. The molecule has 0 aliphatic rings. The summed E-state index contributed by atoms with van der Waals surface area (Å²) in [5, 5.41) is 0. The number of rotatable bonds is 3. The van der Waals surface area contributed by atoms with E-state index in [1.54, 1.807) is 25.8 Å². The third kappa shape index (κ3) is 2.20. The molecule has 19 heavy (non-hydrogen) atoms. The fourth-order valence-electron chi connectivity index (χ4n) is 1.98. The smallest absolute Gasteiger partial charge is 0.119 e. The molecule has 94 valence electrons. The minimum Gasteiger partial charge on any atom is -0.497 e. The summed E-state index contributed by atoms with van der Waals surface area (Å²) in [4.78, 5) is 8.26. The molecule has 0 saturated carbocycles. The van der Waals surface area contributed by atoms with Crippen LogP contribution in [0.4, 0.5) is 0 Å². The summed E-state index contributed by atoms with van der Waals surface area (Å²) < 4.78 is 7.20. The first-order valence-corrected chi connectivity index (χ1v) is 5.95. The van der Waals surface area contributed by atoms with Gasteiger partial charge in [0.15, 0.2) is 0 Å². The van der Waals surface area contributed by atoms with Crippen LogP contribution >= 0.6 is 0 Å². The number of imidazole rings is 1. The lowest BCUT2D eigenvalue weighted by Crippen LogP contribution is -1.95. The molecule has 0 amide bonds. The van der Waals surface area contributed by atoms with Gasteiger partial charge in [0, 0.05) is 23.6 Å². The van der Waals surface area contributed by atoms with Crippen molar-refractivity contribution in [1.29, 1.82) is 0 Å². The predicted molar refractivity (Wildman–Crippen MR) is 73.3 cm³/mol. The summed E-state index contributed by atoms with van der Waals surface area (Å²) in [6.45, 7) is 0. The van der Waals surface area contributed by atoms with Crippen molar-refractivity contribution in [2.45, 2.75) is 0 Å². The Morgan fingerprint density at radius 2 is 1.68 bits per heavy atom. The van der Waals surface area contributed by atoms with Gasteiger partial charge in [0.25, 0.3) is 0 Å². The molecule has 3 rings (SSSR count). The van der Waals surface area contributed by atoms with Crippen molar-refractivity contribution in [3.8, 4) is 22.7 Å². The molecule has 0 radical (unpaired) electrons. The maximum absolute atomic E-state index is 5.17. The Bertz CT molecular complexity index is 659. The van der Waals surface area contributed by atoms with E-state index in [1.807, 2.05) is 47.2 Å². The predicted octanol–water partition coefficient (Wildman–Crippen LogP) is 2.94. The van der Waals surface area contributed by atoms with Crippen molar-refractivity contribution in [2.24, 2.45) is 0 Å². The van der Waals surface area contributed by atoms with E-state index in [0.717, 1.165) is 22.7 Å². The Morgan fingerprint density at radius 1 is 0.947 bits per heavy atom. The zero-order chi connectivity index (χ0) is 13.1. The first-order valence-electron chi connectivity index (χ1n) is 5.95. The standard InChI is InChI=1S/C15H13N3O/c1-19-14-4-2-13(3-5-14)18-11-17-10-15(18)12-6-8-16-9-7-12/h2-11H,1H3. The molecule has 2 aromatic heterocycles. The highest BCUT2D eigenvalue weighted by atomic mass is 16.5. The summed E-state index contributed by atoms with van der Waals surface area (Å²) in [7, 11) is 1.66. The molecule has 0 aliphatic carbocycles. The van der Waals surface area contributed by atoms with Gasteiger partial charge in [0.1, 0.15) is 5.75 Å². The third-order valence-corrected chi connectivity index (χ3v) is 2.97. The fourth-order valence-corrected chi connectivity index (χ4v) is 1.98. The monoisotopic (exact) mass is 251 g/mol. The van der Waals surface area contributed by atoms with Crippen molar-refractivity contribution in [2.75, 3.05) is 7.11 Å². The van der Waals surface area contributed by atoms with E-state index in [-0.39, 0.29) is 0 Å². The molecule has 4 nitrogen and oxygen atoms in total. The van der Waals surface area contributed by atoms with Gasteiger partial charge in [0.05, 0.1) is 25.3 Å². The number of pyridine rings is 1. The van der Waals surface area contributed by atoms with Gasteiger partial charge < -0.3 is 4.74 Å². The largest absolute Gasteiger partial charge is 0.497 e. The van der Waals surface area contributed by atoms with Crippen LogP contribution in [0.25, 0.3) is 16.9 Å². The number of benzene rings is 1. The second kappa shape index (κ2) is 4.94. The van der Waals surface area contributed by atoms with Gasteiger partial charge in [-0.1, -0.05) is 0 Å². The summed E-state index contributed by atoms with van der Waals surface area (Å²) in [6, 6.07) is 11.8. The lowest BCUT2D eigenvalue weighted by Gasteiger charge is -2.08. The van der Waals surface area contributed by atoms with Crippen molar-refractivity contribution in [3.05, 3.63) is 61.3 Å². The van der Waals surface area contributed by atoms with Crippen LogP contribution in [0, 0.1) is 0 Å². The van der Waals surface area contributed by atoms with Gasteiger partial charge in [-0.25, -0.2) is 4.98 Å². The van der Waals surface area contributed by atoms with E-state index in [4.69, 9.17) is 4.74 Å². The highest BCUT2D eigenvalue weighted by Crippen LogP contribution is 2.23. The van der Waals surface area contributed by atoms with Crippen molar-refractivity contribution < 1.29 is 4.74 Å². The Labute approximate surface area is 111 Å². The number of ether oxygens (including phenoxy) is 1. The first-order chi connectivity index (χ1) is 9.38. The number of nitrogens with zero attached hydrogens (tertiary/aromatic N) is 3. The summed E-state index contributed by atoms with van der Waals surface area (Å²) in [5.74, 6) is 0.842. The molecule has 0 N–H and O–H groups in total. The molecule has 0 spiro atoms. The topological polar surface area (TPSA) is 39.9 Å². The molecule has 1 aromatic carbocycles. The number of hydrogen-bond acceptors (Lipinski definition) is 3. The van der Waals surface area contributed by atoms with Crippen molar-refractivity contribution in [1.82, 2.24) is 14.5 Å². The van der Waals surface area contributed by atoms with Gasteiger partial charge in [-0.05, 0) is 36.4 Å². The third-order valence-electron chi connectivity index (χ3n) is 2.97. The SMILES string of the molecule is COc1ccc(-n2cncc2-c2ccncc2)cc1.